The van der Waals surface area contributed by atoms with Gasteiger partial charge < -0.3 is 5.32 Å². The molecule has 0 aliphatic carbocycles. The van der Waals surface area contributed by atoms with Crippen LogP contribution in [0, 0.1) is 0 Å². The van der Waals surface area contributed by atoms with Gasteiger partial charge in [0, 0.05) is 15.6 Å². The molecule has 0 atom stereocenters. The van der Waals surface area contributed by atoms with E-state index in [-0.39, 0.29) is 38.6 Å². The standard InChI is InChI=1S/C15H12ClF3N2O3S2/c1-26(23,24)21-13-7-2-9(16)8-12(13)14(22)20-10-3-5-11(6-4-10)25-15(17,18)19/h2-8,21H,1H3,(H,20,22). The van der Waals surface area contributed by atoms with Gasteiger partial charge in [0.25, 0.3) is 5.91 Å². The monoisotopic (exact) mass is 424 g/mol. The zero-order valence-electron chi connectivity index (χ0n) is 13.1. The summed E-state index contributed by atoms with van der Waals surface area (Å²) in [7, 11) is -3.62. The first-order chi connectivity index (χ1) is 11.9. The quantitative estimate of drug-likeness (QED) is 0.689. The molecule has 2 rings (SSSR count). The van der Waals surface area contributed by atoms with E-state index < -0.39 is 21.4 Å². The van der Waals surface area contributed by atoms with Crippen LogP contribution in [0.4, 0.5) is 24.5 Å². The molecule has 0 aliphatic heterocycles. The second kappa shape index (κ2) is 7.77. The Balaban J connectivity index is 2.21. The second-order valence-corrected chi connectivity index (χ2v) is 8.41. The van der Waals surface area contributed by atoms with Crippen LogP contribution in [-0.4, -0.2) is 26.1 Å². The fraction of sp³-hybridized carbons (Fsp3) is 0.133. The van der Waals surface area contributed by atoms with Crippen LogP contribution < -0.4 is 10.0 Å². The molecule has 11 heteroatoms. The van der Waals surface area contributed by atoms with Gasteiger partial charge >= 0.3 is 5.51 Å². The smallest absolute Gasteiger partial charge is 0.322 e. The number of halogens is 4. The molecule has 0 fully saturated rings. The van der Waals surface area contributed by atoms with E-state index in [0.29, 0.717) is 0 Å². The zero-order chi connectivity index (χ0) is 19.5. The molecule has 140 valence electrons. The summed E-state index contributed by atoms with van der Waals surface area (Å²) in [5.74, 6) is -0.671. The molecule has 0 aromatic heterocycles. The Morgan fingerprint density at radius 3 is 2.27 bits per heavy atom. The van der Waals surface area contributed by atoms with E-state index in [2.05, 4.69) is 10.0 Å². The highest BCUT2D eigenvalue weighted by atomic mass is 35.5. The largest absolute Gasteiger partial charge is 0.446 e. The molecule has 0 heterocycles. The van der Waals surface area contributed by atoms with E-state index in [4.69, 9.17) is 11.6 Å². The SMILES string of the molecule is CS(=O)(=O)Nc1ccc(Cl)cc1C(=O)Nc1ccc(SC(F)(F)F)cc1. The number of benzene rings is 2. The molecule has 2 aromatic carbocycles. The predicted octanol–water partition coefficient (Wildman–Crippen LogP) is 4.58. The highest BCUT2D eigenvalue weighted by Gasteiger charge is 2.29. The summed E-state index contributed by atoms with van der Waals surface area (Å²) < 4.78 is 62.0. The highest BCUT2D eigenvalue weighted by molar-refractivity contribution is 8.00. The van der Waals surface area contributed by atoms with Gasteiger partial charge in [0.05, 0.1) is 17.5 Å². The molecule has 1 amide bonds. The lowest BCUT2D eigenvalue weighted by molar-refractivity contribution is -0.0328. The van der Waals surface area contributed by atoms with Crippen LogP contribution in [0.1, 0.15) is 10.4 Å². The van der Waals surface area contributed by atoms with E-state index in [1.165, 1.54) is 42.5 Å². The average molecular weight is 425 g/mol. The van der Waals surface area contributed by atoms with Gasteiger partial charge in [0.1, 0.15) is 0 Å². The van der Waals surface area contributed by atoms with E-state index in [9.17, 15) is 26.4 Å². The molecule has 0 radical (unpaired) electrons. The van der Waals surface area contributed by atoms with Gasteiger partial charge in [-0.15, -0.1) is 0 Å². The van der Waals surface area contributed by atoms with Crippen LogP contribution in [-0.2, 0) is 10.0 Å². The number of sulfonamides is 1. The Hall–Kier alpha value is -1.91. The Bertz CT molecular complexity index is 917. The van der Waals surface area contributed by atoms with E-state index in [0.717, 1.165) is 6.26 Å². The first-order valence-electron chi connectivity index (χ1n) is 6.87. The molecule has 2 N–H and O–H groups in total. The lowest BCUT2D eigenvalue weighted by atomic mass is 10.1. The van der Waals surface area contributed by atoms with Crippen molar-refractivity contribution in [3.05, 3.63) is 53.1 Å². The molecule has 2 aromatic rings. The van der Waals surface area contributed by atoms with Gasteiger partial charge in [0.2, 0.25) is 10.0 Å². The summed E-state index contributed by atoms with van der Waals surface area (Å²) in [5, 5.41) is 2.69. The molecule has 5 nitrogen and oxygen atoms in total. The highest BCUT2D eigenvalue weighted by Crippen LogP contribution is 2.37. The number of hydrogen-bond donors (Lipinski definition) is 2. The topological polar surface area (TPSA) is 75.3 Å². The van der Waals surface area contributed by atoms with Crippen LogP contribution in [0.15, 0.2) is 47.4 Å². The summed E-state index contributed by atoms with van der Waals surface area (Å²) in [4.78, 5) is 12.4. The third kappa shape index (κ3) is 6.43. The molecular formula is C15H12ClF3N2O3S2. The van der Waals surface area contributed by atoms with Crippen molar-refractivity contribution in [2.45, 2.75) is 10.4 Å². The molecule has 0 bridgehead atoms. The number of carbonyl (C=O) groups excluding carboxylic acids is 1. The number of amides is 1. The van der Waals surface area contributed by atoms with Crippen molar-refractivity contribution in [1.29, 1.82) is 0 Å². The number of alkyl halides is 3. The fourth-order valence-electron chi connectivity index (χ4n) is 1.93. The Kier molecular flexibility index (Phi) is 6.09. The van der Waals surface area contributed by atoms with Gasteiger partial charge in [0.15, 0.2) is 0 Å². The van der Waals surface area contributed by atoms with Crippen molar-refractivity contribution in [3.63, 3.8) is 0 Å². The molecule has 26 heavy (non-hydrogen) atoms. The number of nitrogens with one attached hydrogen (secondary N) is 2. The third-order valence-corrected chi connectivity index (χ3v) is 4.43. The maximum atomic E-state index is 12.4. The van der Waals surface area contributed by atoms with Crippen molar-refractivity contribution in [2.24, 2.45) is 0 Å². The zero-order valence-corrected chi connectivity index (χ0v) is 15.5. The van der Waals surface area contributed by atoms with E-state index in [1.807, 2.05) is 0 Å². The van der Waals surface area contributed by atoms with Crippen LogP contribution in [0.25, 0.3) is 0 Å². The fourth-order valence-corrected chi connectivity index (χ4v) is 3.22. The van der Waals surface area contributed by atoms with Crippen molar-refractivity contribution in [3.8, 4) is 0 Å². The van der Waals surface area contributed by atoms with E-state index >= 15 is 0 Å². The number of hydrogen-bond acceptors (Lipinski definition) is 4. The maximum absolute atomic E-state index is 12.4. The third-order valence-electron chi connectivity index (χ3n) is 2.87. The second-order valence-electron chi connectivity index (χ2n) is 5.09. The van der Waals surface area contributed by atoms with E-state index in [1.54, 1.807) is 0 Å². The summed E-state index contributed by atoms with van der Waals surface area (Å²) in [6.45, 7) is 0. The normalized spacial score (nSPS) is 11.9. The van der Waals surface area contributed by atoms with Gasteiger partial charge in [-0.2, -0.15) is 13.2 Å². The molecule has 0 saturated carbocycles. The van der Waals surface area contributed by atoms with Crippen LogP contribution in [0.5, 0.6) is 0 Å². The first kappa shape index (κ1) is 20.4. The Morgan fingerprint density at radius 1 is 1.12 bits per heavy atom. The van der Waals surface area contributed by atoms with Gasteiger partial charge in [-0.05, 0) is 54.2 Å². The van der Waals surface area contributed by atoms with Crippen LogP contribution in [0.2, 0.25) is 5.02 Å². The van der Waals surface area contributed by atoms with Crippen molar-refractivity contribution in [2.75, 3.05) is 16.3 Å². The lowest BCUT2D eigenvalue weighted by Gasteiger charge is -2.12. The summed E-state index contributed by atoms with van der Waals surface area (Å²) >= 11 is 5.58. The molecule has 0 saturated heterocycles. The minimum atomic E-state index is -4.40. The summed E-state index contributed by atoms with van der Waals surface area (Å²) in [6.07, 6.45) is 0.931. The van der Waals surface area contributed by atoms with Crippen LogP contribution >= 0.6 is 23.4 Å². The molecule has 0 unspecified atom stereocenters. The molecular weight excluding hydrogens is 413 g/mol. The van der Waals surface area contributed by atoms with Gasteiger partial charge in [-0.3, -0.25) is 9.52 Å². The number of carbonyl (C=O) groups is 1. The number of anilines is 2. The van der Waals surface area contributed by atoms with Crippen molar-refractivity contribution >= 4 is 50.7 Å². The number of thioether (sulfide) groups is 1. The van der Waals surface area contributed by atoms with Crippen molar-refractivity contribution < 1.29 is 26.4 Å². The van der Waals surface area contributed by atoms with Gasteiger partial charge in [-0.1, -0.05) is 11.6 Å². The lowest BCUT2D eigenvalue weighted by Crippen LogP contribution is -2.17. The summed E-state index contributed by atoms with van der Waals surface area (Å²) in [5.41, 5.74) is -4.17. The van der Waals surface area contributed by atoms with Crippen LogP contribution in [0.3, 0.4) is 0 Å². The minimum absolute atomic E-state index is 0.0265. The Morgan fingerprint density at radius 2 is 1.73 bits per heavy atom. The van der Waals surface area contributed by atoms with Crippen molar-refractivity contribution in [1.82, 2.24) is 0 Å². The number of rotatable bonds is 5. The van der Waals surface area contributed by atoms with Gasteiger partial charge in [-0.25, -0.2) is 8.42 Å². The summed E-state index contributed by atoms with van der Waals surface area (Å²) in [6, 6.07) is 9.05. The molecule has 0 spiro atoms. The maximum Gasteiger partial charge on any atom is 0.446 e. The Labute approximate surface area is 157 Å². The minimum Gasteiger partial charge on any atom is -0.322 e. The predicted molar refractivity (Wildman–Crippen MR) is 96.2 cm³/mol. The first-order valence-corrected chi connectivity index (χ1v) is 9.96. The molecule has 0 aliphatic rings. The average Bonchev–Trinajstić information content (AvgIpc) is 2.48.